The highest BCUT2D eigenvalue weighted by atomic mass is 16.2. The maximum atomic E-state index is 14.3. The Labute approximate surface area is 268 Å². The summed E-state index contributed by atoms with van der Waals surface area (Å²) in [6, 6.07) is -4.42. The first kappa shape index (κ1) is 36.3. The Morgan fingerprint density at radius 1 is 0.889 bits per heavy atom. The molecule has 3 rings (SSSR count). The van der Waals surface area contributed by atoms with E-state index >= 15 is 0 Å². The smallest absolute Gasteiger partial charge is 0.316 e. The molecule has 1 aliphatic heterocycles. The average Bonchev–Trinajstić information content (AvgIpc) is 3.21. The second-order valence-corrected chi connectivity index (χ2v) is 15.9. The molecule has 6 amide bonds. The lowest BCUT2D eigenvalue weighted by molar-refractivity contribution is -0.145. The van der Waals surface area contributed by atoms with Gasteiger partial charge in [0.25, 0.3) is 5.91 Å². The Kier molecular flexibility index (Phi) is 10.7. The van der Waals surface area contributed by atoms with E-state index in [4.69, 9.17) is 5.73 Å². The summed E-state index contributed by atoms with van der Waals surface area (Å²) in [5.74, 6) is -2.89. The van der Waals surface area contributed by atoms with Crippen molar-refractivity contribution in [1.29, 1.82) is 0 Å². The number of carbonyl (C=O) groups is 6. The number of primary amides is 1. The molecule has 45 heavy (non-hydrogen) atoms. The van der Waals surface area contributed by atoms with Crippen molar-refractivity contribution in [2.45, 2.75) is 119 Å². The van der Waals surface area contributed by atoms with Gasteiger partial charge < -0.3 is 31.5 Å². The number of likely N-dealkylation sites (tertiary alicyclic amines) is 1. The van der Waals surface area contributed by atoms with E-state index in [1.165, 1.54) is 4.90 Å². The van der Waals surface area contributed by atoms with Crippen LogP contribution in [0.25, 0.3) is 0 Å². The van der Waals surface area contributed by atoms with E-state index in [1.54, 1.807) is 4.90 Å². The molecule has 254 valence electrons. The van der Waals surface area contributed by atoms with Crippen molar-refractivity contribution in [1.82, 2.24) is 25.8 Å². The van der Waals surface area contributed by atoms with Crippen LogP contribution in [0.4, 0.5) is 4.79 Å². The summed E-state index contributed by atoms with van der Waals surface area (Å²) in [5, 5.41) is 8.45. The van der Waals surface area contributed by atoms with Gasteiger partial charge in [-0.1, -0.05) is 74.7 Å². The SMILES string of the molecule is CCN(CC)C(=O)[C@@H](NC(=O)N[C@H](C(=O)N1CC2[C@@H]([C@H]1C(=O)NC(CC1CCC1)C(=O)C(N)=O)C2(C)C)C(C)(C)C)C(C)(C)C. The van der Waals surface area contributed by atoms with Crippen molar-refractivity contribution in [3.63, 3.8) is 0 Å². The van der Waals surface area contributed by atoms with Crippen molar-refractivity contribution in [3.8, 4) is 0 Å². The Balaban J connectivity index is 1.84. The molecular formula is C33H56N6O6. The molecule has 6 atom stereocenters. The molecule has 0 bridgehead atoms. The monoisotopic (exact) mass is 632 g/mol. The lowest BCUT2D eigenvalue weighted by Gasteiger charge is -2.39. The molecule has 12 heteroatoms. The Bertz CT molecular complexity index is 1180. The van der Waals surface area contributed by atoms with Gasteiger partial charge in [0.15, 0.2) is 0 Å². The van der Waals surface area contributed by atoms with Gasteiger partial charge in [0.2, 0.25) is 23.5 Å². The van der Waals surface area contributed by atoms with Gasteiger partial charge in [-0.2, -0.15) is 0 Å². The summed E-state index contributed by atoms with van der Waals surface area (Å²) in [4.78, 5) is 82.7. The van der Waals surface area contributed by atoms with Crippen LogP contribution in [0, 0.1) is 34.0 Å². The Morgan fingerprint density at radius 2 is 1.42 bits per heavy atom. The maximum absolute atomic E-state index is 14.3. The standard InChI is InChI=1S/C33H56N6O6/c1-11-38(12-2)28(43)24(31(3,4)5)36-30(45)37-25(32(6,7)8)29(44)39-17-19-21(33(19,9)10)22(39)27(42)35-20(23(40)26(34)41)16-18-14-13-15-18/h18-22,24-25H,11-17H2,1-10H3,(H2,34,41)(H,35,42)(H2,36,37,45)/t19?,20?,21-,22-,24+,25+/m0/s1. The van der Waals surface area contributed by atoms with Crippen LogP contribution in [0.3, 0.4) is 0 Å². The molecule has 3 fully saturated rings. The van der Waals surface area contributed by atoms with E-state index in [0.29, 0.717) is 26.1 Å². The molecular weight excluding hydrogens is 576 g/mol. The number of carbonyl (C=O) groups excluding carboxylic acids is 6. The molecule has 1 saturated heterocycles. The average molecular weight is 633 g/mol. The van der Waals surface area contributed by atoms with Crippen LogP contribution in [-0.2, 0) is 24.0 Å². The molecule has 0 spiro atoms. The molecule has 2 aliphatic carbocycles. The fraction of sp³-hybridized carbons (Fsp3) is 0.818. The van der Waals surface area contributed by atoms with E-state index in [-0.39, 0.29) is 29.1 Å². The summed E-state index contributed by atoms with van der Waals surface area (Å²) < 4.78 is 0. The molecule has 3 aliphatic rings. The summed E-state index contributed by atoms with van der Waals surface area (Å²) in [5.41, 5.74) is 3.80. The van der Waals surface area contributed by atoms with Crippen LogP contribution < -0.4 is 21.7 Å². The van der Waals surface area contributed by atoms with Gasteiger partial charge in [-0.15, -0.1) is 0 Å². The number of nitrogens with one attached hydrogen (secondary N) is 3. The highest BCUT2D eigenvalue weighted by molar-refractivity contribution is 6.37. The molecule has 1 heterocycles. The lowest BCUT2D eigenvalue weighted by Crippen LogP contribution is -2.63. The third-order valence-electron chi connectivity index (χ3n) is 10.3. The van der Waals surface area contributed by atoms with E-state index in [2.05, 4.69) is 29.8 Å². The predicted molar refractivity (Wildman–Crippen MR) is 170 cm³/mol. The maximum Gasteiger partial charge on any atom is 0.316 e. The van der Waals surface area contributed by atoms with Crippen LogP contribution in [-0.4, -0.2) is 89.0 Å². The summed E-state index contributed by atoms with van der Waals surface area (Å²) in [7, 11) is 0. The minimum Gasteiger partial charge on any atom is -0.363 e. The molecule has 12 nitrogen and oxygen atoms in total. The van der Waals surface area contributed by atoms with E-state index in [9.17, 15) is 28.8 Å². The first-order chi connectivity index (χ1) is 20.7. The summed E-state index contributed by atoms with van der Waals surface area (Å²) >= 11 is 0. The Hall–Kier alpha value is -3.18. The second kappa shape index (κ2) is 13.3. The number of fused-ring (bicyclic) bond motifs is 1. The van der Waals surface area contributed by atoms with Crippen LogP contribution >= 0.6 is 0 Å². The van der Waals surface area contributed by atoms with Crippen molar-refractivity contribution in [3.05, 3.63) is 0 Å². The number of piperidine rings is 1. The fourth-order valence-electron chi connectivity index (χ4n) is 7.02. The number of Topliss-reactive ketones (excluding diaryl/α,β-unsaturated/α-hetero) is 1. The molecule has 0 aromatic rings. The third kappa shape index (κ3) is 7.80. The van der Waals surface area contributed by atoms with Crippen molar-refractivity contribution in [2.75, 3.05) is 19.6 Å². The number of ketones is 1. The molecule has 2 unspecified atom stereocenters. The zero-order valence-corrected chi connectivity index (χ0v) is 28.9. The molecule has 2 saturated carbocycles. The van der Waals surface area contributed by atoms with Crippen LogP contribution in [0.5, 0.6) is 0 Å². The minimum absolute atomic E-state index is 0.0699. The van der Waals surface area contributed by atoms with Crippen LogP contribution in [0.1, 0.15) is 94.9 Å². The zero-order chi connectivity index (χ0) is 34.2. The van der Waals surface area contributed by atoms with Gasteiger partial charge in [-0.05, 0) is 54.3 Å². The third-order valence-corrected chi connectivity index (χ3v) is 10.3. The first-order valence-electron chi connectivity index (χ1n) is 16.5. The number of nitrogens with two attached hydrogens (primary N) is 1. The number of urea groups is 1. The molecule has 0 aromatic carbocycles. The van der Waals surface area contributed by atoms with Gasteiger partial charge in [0, 0.05) is 19.6 Å². The van der Waals surface area contributed by atoms with Gasteiger partial charge >= 0.3 is 6.03 Å². The van der Waals surface area contributed by atoms with Gasteiger partial charge in [0.05, 0.1) is 6.04 Å². The number of likely N-dealkylation sites (N-methyl/N-ethyl adjacent to an activating group) is 1. The normalized spacial score (nSPS) is 24.3. The molecule has 5 N–H and O–H groups in total. The molecule has 0 radical (unpaired) electrons. The number of nitrogens with zero attached hydrogens (tertiary/aromatic N) is 2. The topological polar surface area (TPSA) is 171 Å². The highest BCUT2D eigenvalue weighted by Gasteiger charge is 2.70. The predicted octanol–water partition coefficient (Wildman–Crippen LogP) is 2.20. The number of hydrogen-bond donors (Lipinski definition) is 4. The fourth-order valence-corrected chi connectivity index (χ4v) is 7.02. The van der Waals surface area contributed by atoms with Crippen molar-refractivity contribution < 1.29 is 28.8 Å². The van der Waals surface area contributed by atoms with E-state index < -0.39 is 64.5 Å². The van der Waals surface area contributed by atoms with Gasteiger partial charge in [-0.3, -0.25) is 24.0 Å². The van der Waals surface area contributed by atoms with Gasteiger partial charge in [0.1, 0.15) is 18.1 Å². The van der Waals surface area contributed by atoms with Crippen LogP contribution in [0.2, 0.25) is 0 Å². The zero-order valence-electron chi connectivity index (χ0n) is 28.9. The van der Waals surface area contributed by atoms with E-state index in [0.717, 1.165) is 19.3 Å². The quantitative estimate of drug-likeness (QED) is 0.240. The van der Waals surface area contributed by atoms with Crippen LogP contribution in [0.15, 0.2) is 0 Å². The summed E-state index contributed by atoms with van der Waals surface area (Å²) in [6.07, 6.45) is 3.20. The number of amides is 6. The first-order valence-corrected chi connectivity index (χ1v) is 16.5. The summed E-state index contributed by atoms with van der Waals surface area (Å²) in [6.45, 7) is 20.3. The minimum atomic E-state index is -1.10. The number of rotatable bonds is 12. The van der Waals surface area contributed by atoms with E-state index in [1.807, 2.05) is 55.4 Å². The lowest BCUT2D eigenvalue weighted by atomic mass is 9.80. The van der Waals surface area contributed by atoms with Crippen molar-refractivity contribution >= 4 is 35.4 Å². The largest absolute Gasteiger partial charge is 0.363 e. The second-order valence-electron chi connectivity index (χ2n) is 15.9. The van der Waals surface area contributed by atoms with Crippen molar-refractivity contribution in [2.24, 2.45) is 39.7 Å². The van der Waals surface area contributed by atoms with Gasteiger partial charge in [-0.25, -0.2) is 4.79 Å². The number of hydrogen-bond acceptors (Lipinski definition) is 6. The Morgan fingerprint density at radius 3 is 1.87 bits per heavy atom. The highest BCUT2D eigenvalue weighted by Crippen LogP contribution is 2.65. The molecule has 0 aromatic heterocycles.